The molecule has 1 aliphatic rings. The second-order valence-corrected chi connectivity index (χ2v) is 6.66. The Labute approximate surface area is 158 Å². The van der Waals surface area contributed by atoms with E-state index in [-0.39, 0.29) is 17.4 Å². The van der Waals surface area contributed by atoms with Gasteiger partial charge >= 0.3 is 6.18 Å². The first kappa shape index (κ1) is 18.4. The van der Waals surface area contributed by atoms with Crippen molar-refractivity contribution < 1.29 is 22.7 Å². The van der Waals surface area contributed by atoms with Crippen molar-refractivity contribution in [1.29, 1.82) is 0 Å². The minimum absolute atomic E-state index is 0.0655. The molecule has 1 aliphatic heterocycles. The number of amides is 1. The number of benzene rings is 1. The molecule has 1 saturated heterocycles. The number of nitrogens with one attached hydrogen (secondary N) is 2. The molecule has 4 rings (SSSR count). The average molecular weight is 390 g/mol. The van der Waals surface area contributed by atoms with Gasteiger partial charge in [-0.2, -0.15) is 13.2 Å². The van der Waals surface area contributed by atoms with Crippen molar-refractivity contribution >= 4 is 22.6 Å². The topological polar surface area (TPSA) is 79.9 Å². The normalized spacial score (nSPS) is 17.2. The molecule has 0 radical (unpaired) electrons. The lowest BCUT2D eigenvalue weighted by Crippen LogP contribution is -2.16. The molecule has 0 saturated carbocycles. The molecule has 2 N–H and O–H groups in total. The number of aromatic amines is 1. The zero-order valence-corrected chi connectivity index (χ0v) is 14.9. The predicted octanol–water partition coefficient (Wildman–Crippen LogP) is 4.39. The summed E-state index contributed by atoms with van der Waals surface area (Å²) in [6.45, 7) is 2.19. The zero-order chi connectivity index (χ0) is 19.9. The van der Waals surface area contributed by atoms with Gasteiger partial charge in [0.15, 0.2) is 0 Å². The fraction of sp³-hybridized carbons (Fsp3) is 0.316. The van der Waals surface area contributed by atoms with Crippen molar-refractivity contribution in [2.24, 2.45) is 0 Å². The number of carbonyl (C=O) groups is 1. The van der Waals surface area contributed by atoms with E-state index < -0.39 is 17.6 Å². The maximum absolute atomic E-state index is 12.9. The van der Waals surface area contributed by atoms with E-state index in [9.17, 15) is 18.0 Å². The molecule has 0 spiro atoms. The van der Waals surface area contributed by atoms with Crippen LogP contribution in [-0.4, -0.2) is 27.5 Å². The summed E-state index contributed by atoms with van der Waals surface area (Å²) in [5, 5.41) is 2.62. The number of H-pyrrole nitrogens is 1. The fourth-order valence-corrected chi connectivity index (χ4v) is 3.17. The van der Waals surface area contributed by atoms with Gasteiger partial charge in [0.1, 0.15) is 11.9 Å². The Hall–Kier alpha value is -2.94. The van der Waals surface area contributed by atoms with Crippen molar-refractivity contribution in [3.63, 3.8) is 0 Å². The van der Waals surface area contributed by atoms with Gasteiger partial charge in [-0.05, 0) is 44.0 Å². The minimum atomic E-state index is -4.57. The Balaban J connectivity index is 1.58. The number of nitrogens with zero attached hydrogens (tertiary/aromatic N) is 2. The standard InChI is InChI=1S/C19H17F3N4O2/c1-10-13(7-11(9-23-10)19(20,21)22)18(27)24-12-4-5-14-15(8-12)26-17(25-14)16-3-2-6-28-16/h4-5,7-9,16H,2-3,6H2,1H3,(H,24,27)(H,25,26). The van der Waals surface area contributed by atoms with Gasteiger partial charge < -0.3 is 15.0 Å². The molecular formula is C19H17F3N4O2. The van der Waals surface area contributed by atoms with Crippen LogP contribution in [0, 0.1) is 6.92 Å². The van der Waals surface area contributed by atoms with Crippen LogP contribution in [0.15, 0.2) is 30.5 Å². The van der Waals surface area contributed by atoms with Gasteiger partial charge in [0, 0.05) is 18.5 Å². The Kier molecular flexibility index (Phi) is 4.54. The van der Waals surface area contributed by atoms with E-state index in [0.29, 0.717) is 17.8 Å². The summed E-state index contributed by atoms with van der Waals surface area (Å²) in [6.07, 6.45) is -2.04. The van der Waals surface area contributed by atoms with Crippen LogP contribution >= 0.6 is 0 Å². The van der Waals surface area contributed by atoms with Gasteiger partial charge in [0.2, 0.25) is 0 Å². The number of fused-ring (bicyclic) bond motifs is 1. The Bertz CT molecular complexity index is 1040. The monoisotopic (exact) mass is 390 g/mol. The van der Waals surface area contributed by atoms with Crippen molar-refractivity contribution in [3.8, 4) is 0 Å². The number of anilines is 1. The van der Waals surface area contributed by atoms with Crippen LogP contribution < -0.4 is 5.32 Å². The third-order valence-electron chi connectivity index (χ3n) is 4.65. The molecule has 0 bridgehead atoms. The Morgan fingerprint density at radius 2 is 2.14 bits per heavy atom. The number of hydrogen-bond donors (Lipinski definition) is 2. The number of halogens is 3. The lowest BCUT2D eigenvalue weighted by molar-refractivity contribution is -0.137. The molecule has 3 heterocycles. The van der Waals surface area contributed by atoms with E-state index in [1.54, 1.807) is 18.2 Å². The molecule has 1 unspecified atom stereocenters. The minimum Gasteiger partial charge on any atom is -0.370 e. The number of aryl methyl sites for hydroxylation is 1. The van der Waals surface area contributed by atoms with E-state index in [4.69, 9.17) is 4.74 Å². The maximum Gasteiger partial charge on any atom is 0.417 e. The number of pyridine rings is 1. The zero-order valence-electron chi connectivity index (χ0n) is 14.9. The lowest BCUT2D eigenvalue weighted by atomic mass is 10.1. The Morgan fingerprint density at radius 3 is 2.86 bits per heavy atom. The van der Waals surface area contributed by atoms with Gasteiger partial charge in [0.25, 0.3) is 5.91 Å². The summed E-state index contributed by atoms with van der Waals surface area (Å²) in [5.74, 6) is 0.0724. The molecule has 28 heavy (non-hydrogen) atoms. The highest BCUT2D eigenvalue weighted by molar-refractivity contribution is 6.05. The van der Waals surface area contributed by atoms with Crippen LogP contribution in [0.5, 0.6) is 0 Å². The number of ether oxygens (including phenoxy) is 1. The highest BCUT2D eigenvalue weighted by Crippen LogP contribution is 2.31. The van der Waals surface area contributed by atoms with Crippen molar-refractivity contribution in [1.82, 2.24) is 15.0 Å². The highest BCUT2D eigenvalue weighted by atomic mass is 19.4. The fourth-order valence-electron chi connectivity index (χ4n) is 3.17. The Morgan fingerprint density at radius 1 is 1.32 bits per heavy atom. The van der Waals surface area contributed by atoms with Gasteiger partial charge in [-0.15, -0.1) is 0 Å². The van der Waals surface area contributed by atoms with Gasteiger partial charge in [-0.3, -0.25) is 9.78 Å². The third-order valence-corrected chi connectivity index (χ3v) is 4.65. The van der Waals surface area contributed by atoms with E-state index in [1.165, 1.54) is 6.92 Å². The van der Waals surface area contributed by atoms with E-state index >= 15 is 0 Å². The average Bonchev–Trinajstić information content (AvgIpc) is 3.30. The first-order valence-electron chi connectivity index (χ1n) is 8.78. The first-order chi connectivity index (χ1) is 13.3. The van der Waals surface area contributed by atoms with Gasteiger partial charge in [-0.1, -0.05) is 0 Å². The second-order valence-electron chi connectivity index (χ2n) is 6.66. The number of carbonyl (C=O) groups excluding carboxylic acids is 1. The van der Waals surface area contributed by atoms with Crippen molar-refractivity contribution in [2.75, 3.05) is 11.9 Å². The number of rotatable bonds is 3. The quantitative estimate of drug-likeness (QED) is 0.695. The van der Waals surface area contributed by atoms with E-state index in [2.05, 4.69) is 20.3 Å². The summed E-state index contributed by atoms with van der Waals surface area (Å²) >= 11 is 0. The predicted molar refractivity (Wildman–Crippen MR) is 95.9 cm³/mol. The summed E-state index contributed by atoms with van der Waals surface area (Å²) in [6, 6.07) is 5.88. The molecule has 0 aliphatic carbocycles. The molecule has 146 valence electrons. The summed E-state index contributed by atoms with van der Waals surface area (Å²) in [7, 11) is 0. The smallest absolute Gasteiger partial charge is 0.370 e. The van der Waals surface area contributed by atoms with Crippen molar-refractivity contribution in [2.45, 2.75) is 32.0 Å². The van der Waals surface area contributed by atoms with E-state index in [0.717, 1.165) is 36.4 Å². The highest BCUT2D eigenvalue weighted by Gasteiger charge is 2.32. The maximum atomic E-state index is 12.9. The molecule has 1 atom stereocenters. The van der Waals surface area contributed by atoms with Crippen LogP contribution in [-0.2, 0) is 10.9 Å². The van der Waals surface area contributed by atoms with E-state index in [1.807, 2.05) is 0 Å². The van der Waals surface area contributed by atoms with Crippen LogP contribution in [0.3, 0.4) is 0 Å². The first-order valence-corrected chi connectivity index (χ1v) is 8.78. The summed E-state index contributed by atoms with van der Waals surface area (Å²) < 4.78 is 44.3. The summed E-state index contributed by atoms with van der Waals surface area (Å²) in [4.78, 5) is 23.9. The largest absolute Gasteiger partial charge is 0.417 e. The third kappa shape index (κ3) is 3.57. The van der Waals surface area contributed by atoms with Crippen LogP contribution in [0.25, 0.3) is 11.0 Å². The van der Waals surface area contributed by atoms with Crippen LogP contribution in [0.4, 0.5) is 18.9 Å². The van der Waals surface area contributed by atoms with Crippen LogP contribution in [0.1, 0.15) is 46.4 Å². The molecule has 1 amide bonds. The summed E-state index contributed by atoms with van der Waals surface area (Å²) in [5.41, 5.74) is 1.00. The number of alkyl halides is 3. The van der Waals surface area contributed by atoms with Crippen LogP contribution in [0.2, 0.25) is 0 Å². The molecule has 1 fully saturated rings. The number of imidazole rings is 1. The molecule has 1 aromatic carbocycles. The molecule has 9 heteroatoms. The van der Waals surface area contributed by atoms with Gasteiger partial charge in [0.05, 0.1) is 27.9 Å². The second kappa shape index (κ2) is 6.90. The van der Waals surface area contributed by atoms with Crippen molar-refractivity contribution in [3.05, 3.63) is 53.1 Å². The lowest BCUT2D eigenvalue weighted by Gasteiger charge is -2.11. The number of aromatic nitrogens is 3. The SMILES string of the molecule is Cc1ncc(C(F)(F)F)cc1C(=O)Nc1ccc2nc(C3CCCO3)[nH]c2c1. The number of hydrogen-bond acceptors (Lipinski definition) is 4. The van der Waals surface area contributed by atoms with Gasteiger partial charge in [-0.25, -0.2) is 4.98 Å². The molecule has 2 aromatic heterocycles. The molecular weight excluding hydrogens is 373 g/mol. The molecule has 3 aromatic rings. The molecule has 6 nitrogen and oxygen atoms in total.